The third-order valence-electron chi connectivity index (χ3n) is 5.19. The molecule has 0 spiro atoms. The normalized spacial score (nSPS) is 13.4. The lowest BCUT2D eigenvalue weighted by Crippen LogP contribution is -2.46. The van der Waals surface area contributed by atoms with Crippen LogP contribution in [0.25, 0.3) is 11.0 Å². The highest BCUT2D eigenvalue weighted by Crippen LogP contribution is 2.35. The molecule has 30 heavy (non-hydrogen) atoms. The maximum Gasteiger partial charge on any atom is 0.346 e. The van der Waals surface area contributed by atoms with Crippen LogP contribution in [0.2, 0.25) is 0 Å². The van der Waals surface area contributed by atoms with E-state index >= 15 is 0 Å². The van der Waals surface area contributed by atoms with Gasteiger partial charge in [-0.15, -0.1) is 10.2 Å². The second kappa shape index (κ2) is 8.44. The number of hydrogen-bond acceptors (Lipinski definition) is 6. The van der Waals surface area contributed by atoms with E-state index in [0.29, 0.717) is 18.1 Å². The Kier molecular flexibility index (Phi) is 5.56. The number of carbonyl (C=O) groups is 1. The fourth-order valence-electron chi connectivity index (χ4n) is 3.68. The Morgan fingerprint density at radius 1 is 1.13 bits per heavy atom. The molecule has 2 aromatic carbocycles. The van der Waals surface area contributed by atoms with Crippen molar-refractivity contribution in [2.75, 3.05) is 0 Å². The van der Waals surface area contributed by atoms with Crippen LogP contribution in [-0.2, 0) is 10.3 Å². The van der Waals surface area contributed by atoms with Crippen LogP contribution in [0.3, 0.4) is 0 Å². The molecule has 2 aromatic heterocycles. The Bertz CT molecular complexity index is 1110. The lowest BCUT2D eigenvalue weighted by molar-refractivity contribution is -0.143. The molecule has 1 unspecified atom stereocenters. The molecular formula is C22H24N6O2. The van der Waals surface area contributed by atoms with Crippen LogP contribution in [0.1, 0.15) is 38.9 Å². The van der Waals surface area contributed by atoms with Crippen molar-refractivity contribution in [3.05, 3.63) is 66.7 Å². The highest BCUT2D eigenvalue weighted by molar-refractivity contribution is 5.87. The van der Waals surface area contributed by atoms with E-state index in [2.05, 4.69) is 39.5 Å². The first-order chi connectivity index (χ1) is 14.6. The number of nitrogens with one attached hydrogen (secondary N) is 1. The van der Waals surface area contributed by atoms with E-state index in [0.717, 1.165) is 23.9 Å². The summed E-state index contributed by atoms with van der Waals surface area (Å²) in [6.07, 6.45) is 3.84. The third kappa shape index (κ3) is 3.68. The van der Waals surface area contributed by atoms with Crippen molar-refractivity contribution < 1.29 is 9.53 Å². The summed E-state index contributed by atoms with van der Waals surface area (Å²) in [6, 6.07) is 16.7. The number of rotatable bonds is 8. The minimum Gasteiger partial charge on any atom is -0.424 e. The van der Waals surface area contributed by atoms with Gasteiger partial charge in [-0.3, -0.25) is 0 Å². The predicted octanol–water partition coefficient (Wildman–Crippen LogP) is 3.72. The van der Waals surface area contributed by atoms with E-state index in [-0.39, 0.29) is 5.82 Å². The average molecular weight is 404 g/mol. The van der Waals surface area contributed by atoms with Crippen LogP contribution in [0, 0.1) is 5.92 Å². The molecule has 0 fully saturated rings. The molecule has 8 nitrogen and oxygen atoms in total. The topological polar surface area (TPSA) is 98.6 Å². The maximum atomic E-state index is 13.8. The number of nitrogens with zero attached hydrogens (tertiary/aromatic N) is 5. The average Bonchev–Trinajstić information content (AvgIpc) is 3.43. The van der Waals surface area contributed by atoms with Gasteiger partial charge in [-0.2, -0.15) is 5.21 Å². The Balaban J connectivity index is 1.86. The largest absolute Gasteiger partial charge is 0.424 e. The van der Waals surface area contributed by atoms with Gasteiger partial charge in [0.25, 0.3) is 0 Å². The molecule has 0 saturated carbocycles. The zero-order valence-electron chi connectivity index (χ0n) is 17.0. The summed E-state index contributed by atoms with van der Waals surface area (Å²) >= 11 is 0. The molecule has 0 radical (unpaired) electrons. The van der Waals surface area contributed by atoms with Gasteiger partial charge >= 0.3 is 5.97 Å². The first-order valence-electron chi connectivity index (χ1n) is 10.0. The number of benzene rings is 2. The summed E-state index contributed by atoms with van der Waals surface area (Å²) in [5.74, 6) is 0.749. The minimum absolute atomic E-state index is 0.260. The fourth-order valence-corrected chi connectivity index (χ4v) is 3.68. The predicted molar refractivity (Wildman–Crippen MR) is 112 cm³/mol. The molecule has 154 valence electrons. The number of aromatic amines is 1. The van der Waals surface area contributed by atoms with Crippen LogP contribution >= 0.6 is 0 Å². The highest BCUT2D eigenvalue weighted by Gasteiger charge is 2.48. The minimum atomic E-state index is -1.30. The highest BCUT2D eigenvalue weighted by atomic mass is 16.5. The van der Waals surface area contributed by atoms with Gasteiger partial charge < -0.3 is 9.30 Å². The lowest BCUT2D eigenvalue weighted by atomic mass is 9.89. The second-order valence-corrected chi connectivity index (χ2v) is 7.69. The van der Waals surface area contributed by atoms with Crippen molar-refractivity contribution in [2.24, 2.45) is 5.92 Å². The molecule has 0 aliphatic heterocycles. The smallest absolute Gasteiger partial charge is 0.346 e. The molecule has 4 rings (SSSR count). The quantitative estimate of drug-likeness (QED) is 0.355. The zero-order valence-corrected chi connectivity index (χ0v) is 17.0. The maximum absolute atomic E-state index is 13.8. The third-order valence-corrected chi connectivity index (χ3v) is 5.19. The number of esters is 1. The number of H-pyrrole nitrogens is 1. The fraction of sp³-hybridized carbons (Fsp3) is 0.318. The van der Waals surface area contributed by atoms with Crippen molar-refractivity contribution in [3.8, 4) is 5.75 Å². The molecule has 1 atom stereocenters. The van der Waals surface area contributed by atoms with Crippen LogP contribution in [0.5, 0.6) is 5.75 Å². The second-order valence-electron chi connectivity index (χ2n) is 7.69. The van der Waals surface area contributed by atoms with E-state index in [4.69, 9.17) is 4.74 Å². The van der Waals surface area contributed by atoms with Crippen molar-refractivity contribution >= 4 is 17.0 Å². The summed E-state index contributed by atoms with van der Waals surface area (Å²) in [6.45, 7) is 4.32. The molecule has 4 aromatic rings. The van der Waals surface area contributed by atoms with Crippen molar-refractivity contribution in [3.63, 3.8) is 0 Å². The van der Waals surface area contributed by atoms with Gasteiger partial charge in [0.15, 0.2) is 0 Å². The van der Waals surface area contributed by atoms with Crippen LogP contribution in [0.15, 0.2) is 60.9 Å². The standard InChI is InChI=1S/C22H24N6O2/c1-16(2)9-8-14-22(20-24-26-27-25-20,21(29)30-17-10-4-3-5-11-17)28-15-23-18-12-6-7-13-19(18)28/h3-7,10-13,15-16H,8-9,14H2,1-2H3,(H,24,25,26,27). The molecule has 2 heterocycles. The number of imidazole rings is 1. The molecule has 0 aliphatic carbocycles. The monoisotopic (exact) mass is 404 g/mol. The van der Waals surface area contributed by atoms with Gasteiger partial charge in [-0.05, 0) is 43.0 Å². The lowest BCUT2D eigenvalue weighted by Gasteiger charge is -2.30. The number of tetrazole rings is 1. The van der Waals surface area contributed by atoms with Crippen LogP contribution in [-0.4, -0.2) is 36.1 Å². The number of fused-ring (bicyclic) bond motifs is 1. The summed E-state index contributed by atoms with van der Waals surface area (Å²) in [7, 11) is 0. The molecule has 0 bridgehead atoms. The van der Waals surface area contributed by atoms with Crippen molar-refractivity contribution in [1.29, 1.82) is 0 Å². The van der Waals surface area contributed by atoms with E-state index < -0.39 is 11.5 Å². The summed E-state index contributed by atoms with van der Waals surface area (Å²) in [5.41, 5.74) is 0.284. The zero-order chi connectivity index (χ0) is 21.0. The number of hydrogen-bond donors (Lipinski definition) is 1. The molecular weight excluding hydrogens is 380 g/mol. The number of ether oxygens (including phenoxy) is 1. The van der Waals surface area contributed by atoms with E-state index in [1.54, 1.807) is 18.5 Å². The van der Waals surface area contributed by atoms with E-state index in [9.17, 15) is 4.79 Å². The number of para-hydroxylation sites is 3. The molecule has 0 saturated heterocycles. The molecule has 8 heteroatoms. The Morgan fingerprint density at radius 3 is 2.63 bits per heavy atom. The summed E-state index contributed by atoms with van der Waals surface area (Å²) < 4.78 is 7.64. The Hall–Kier alpha value is -3.55. The van der Waals surface area contributed by atoms with Gasteiger partial charge in [-0.1, -0.05) is 55.8 Å². The van der Waals surface area contributed by atoms with E-state index in [1.807, 2.05) is 47.0 Å². The van der Waals surface area contributed by atoms with Gasteiger partial charge in [-0.25, -0.2) is 9.78 Å². The Labute approximate surface area is 174 Å². The Morgan fingerprint density at radius 2 is 1.90 bits per heavy atom. The number of aromatic nitrogens is 6. The summed E-state index contributed by atoms with van der Waals surface area (Å²) in [5, 5.41) is 14.7. The van der Waals surface area contributed by atoms with Crippen LogP contribution in [0.4, 0.5) is 0 Å². The first kappa shape index (κ1) is 19.8. The van der Waals surface area contributed by atoms with Gasteiger partial charge in [0.05, 0.1) is 17.4 Å². The molecule has 0 amide bonds. The van der Waals surface area contributed by atoms with Crippen LogP contribution < -0.4 is 4.74 Å². The van der Waals surface area contributed by atoms with Gasteiger partial charge in [0.1, 0.15) is 5.75 Å². The SMILES string of the molecule is CC(C)CCCC(C(=O)Oc1ccccc1)(c1nn[nH]n1)n1cnc2ccccc21. The first-order valence-corrected chi connectivity index (χ1v) is 10.0. The van der Waals surface area contributed by atoms with Crippen molar-refractivity contribution in [2.45, 2.75) is 38.6 Å². The van der Waals surface area contributed by atoms with Crippen molar-refractivity contribution in [1.82, 2.24) is 30.2 Å². The van der Waals surface area contributed by atoms with Gasteiger partial charge in [0, 0.05) is 0 Å². The molecule has 0 aliphatic rings. The summed E-state index contributed by atoms with van der Waals surface area (Å²) in [4.78, 5) is 18.3. The molecule has 1 N–H and O–H groups in total. The number of carbonyl (C=O) groups excluding carboxylic acids is 1. The van der Waals surface area contributed by atoms with Gasteiger partial charge in [0.2, 0.25) is 11.4 Å². The van der Waals surface area contributed by atoms with E-state index in [1.165, 1.54) is 0 Å².